The summed E-state index contributed by atoms with van der Waals surface area (Å²) in [5.74, 6) is -5.83. The summed E-state index contributed by atoms with van der Waals surface area (Å²) in [6, 6.07) is 3.40. The van der Waals surface area contributed by atoms with Crippen LogP contribution in [0.5, 0.6) is 0 Å². The van der Waals surface area contributed by atoms with E-state index in [0.717, 1.165) is 70.3 Å². The van der Waals surface area contributed by atoms with Crippen molar-refractivity contribution < 1.29 is 27.6 Å². The van der Waals surface area contributed by atoms with Gasteiger partial charge in [0.25, 0.3) is 11.8 Å². The van der Waals surface area contributed by atoms with E-state index in [-0.39, 0.29) is 36.0 Å². The molecule has 0 bridgehead atoms. The van der Waals surface area contributed by atoms with Gasteiger partial charge in [-0.2, -0.15) is 5.10 Å². The fourth-order valence-electron chi connectivity index (χ4n) is 7.80. The summed E-state index contributed by atoms with van der Waals surface area (Å²) in [5.41, 5.74) is 0.578. The number of aromatic nitrogens is 2. The van der Waals surface area contributed by atoms with E-state index in [0.29, 0.717) is 11.3 Å². The molecule has 1 unspecified atom stereocenters. The third kappa shape index (κ3) is 8.18. The van der Waals surface area contributed by atoms with Crippen LogP contribution in [0.3, 0.4) is 0 Å². The molecule has 3 fully saturated rings. The first-order chi connectivity index (χ1) is 22.5. The maximum Gasteiger partial charge on any atom is 0.281 e. The molecule has 258 valence electrons. The van der Waals surface area contributed by atoms with Crippen LogP contribution < -0.4 is 21.3 Å². The van der Waals surface area contributed by atoms with Gasteiger partial charge in [0.05, 0.1) is 18.2 Å². The number of hydrogen-bond acceptors (Lipinski definition) is 5. The molecule has 1 aromatic heterocycles. The quantitative estimate of drug-likeness (QED) is 0.238. The SMILES string of the molecule is CC(C)n1nccc1C(=O)N[C@H](C(=O)Nc1ccc([C@H](C)C(=O)NC2CNCC2(F)F)cc1F)C(C1CCCCC1)C1CCCCC1. The van der Waals surface area contributed by atoms with Crippen LogP contribution in [0, 0.1) is 23.6 Å². The van der Waals surface area contributed by atoms with Crippen molar-refractivity contribution in [2.24, 2.45) is 17.8 Å². The topological polar surface area (TPSA) is 117 Å². The molecule has 1 aliphatic heterocycles. The van der Waals surface area contributed by atoms with E-state index in [9.17, 15) is 23.2 Å². The summed E-state index contributed by atoms with van der Waals surface area (Å²) in [6.45, 7) is 4.82. The number of nitrogens with one attached hydrogen (secondary N) is 4. The summed E-state index contributed by atoms with van der Waals surface area (Å²) < 4.78 is 45.3. The second kappa shape index (κ2) is 15.2. The van der Waals surface area contributed by atoms with Crippen LogP contribution in [0.25, 0.3) is 0 Å². The van der Waals surface area contributed by atoms with Gasteiger partial charge in [0, 0.05) is 18.8 Å². The summed E-state index contributed by atoms with van der Waals surface area (Å²) in [4.78, 5) is 40.8. The van der Waals surface area contributed by atoms with Gasteiger partial charge in [-0.3, -0.25) is 19.1 Å². The smallest absolute Gasteiger partial charge is 0.281 e. The predicted molar refractivity (Wildman–Crippen MR) is 174 cm³/mol. The highest BCUT2D eigenvalue weighted by molar-refractivity contribution is 6.01. The van der Waals surface area contributed by atoms with Crippen LogP contribution in [0.2, 0.25) is 0 Å². The molecule has 2 saturated carbocycles. The van der Waals surface area contributed by atoms with Crippen molar-refractivity contribution in [2.75, 3.05) is 18.4 Å². The summed E-state index contributed by atoms with van der Waals surface area (Å²) in [6.07, 6.45) is 12.1. The molecule has 9 nitrogen and oxygen atoms in total. The van der Waals surface area contributed by atoms with E-state index < -0.39 is 54.0 Å². The second-order valence-electron chi connectivity index (χ2n) is 14.0. The number of amides is 3. The second-order valence-corrected chi connectivity index (χ2v) is 14.0. The molecule has 2 aliphatic carbocycles. The zero-order valence-corrected chi connectivity index (χ0v) is 27.7. The standard InChI is InChI=1S/C35H49F3N6O3/c1-21(2)44-28(16-17-40-44)33(46)43-31(30(23-10-6-4-7-11-23)24-12-8-5-9-13-24)34(47)41-27-15-14-25(18-26(27)36)22(3)32(45)42-29-19-39-20-35(29,37)38/h14-18,21-24,29-31,39H,4-13,19-20H2,1-3H3,(H,41,47)(H,42,45)(H,43,46)/t22-,29?,31-/m0/s1. The van der Waals surface area contributed by atoms with Gasteiger partial charge in [-0.05, 0) is 62.3 Å². The molecule has 5 rings (SSSR count). The molecule has 3 amide bonds. The van der Waals surface area contributed by atoms with Crippen LogP contribution in [0.15, 0.2) is 30.5 Å². The largest absolute Gasteiger partial charge is 0.345 e. The summed E-state index contributed by atoms with van der Waals surface area (Å²) in [7, 11) is 0. The predicted octanol–water partition coefficient (Wildman–Crippen LogP) is 5.94. The minimum absolute atomic E-state index is 0.0506. The normalized spacial score (nSPS) is 21.8. The zero-order valence-electron chi connectivity index (χ0n) is 27.7. The lowest BCUT2D eigenvalue weighted by Crippen LogP contribution is -2.53. The van der Waals surface area contributed by atoms with Crippen molar-refractivity contribution in [3.8, 4) is 0 Å². The Morgan fingerprint density at radius 3 is 2.13 bits per heavy atom. The van der Waals surface area contributed by atoms with Gasteiger partial charge in [-0.1, -0.05) is 70.3 Å². The first kappa shape index (κ1) is 34.9. The van der Waals surface area contributed by atoms with Crippen molar-refractivity contribution in [3.63, 3.8) is 0 Å². The number of benzene rings is 1. The molecule has 2 heterocycles. The molecular weight excluding hydrogens is 609 g/mol. The van der Waals surface area contributed by atoms with E-state index in [1.165, 1.54) is 19.1 Å². The van der Waals surface area contributed by atoms with Gasteiger partial charge in [0.2, 0.25) is 11.8 Å². The first-order valence-electron chi connectivity index (χ1n) is 17.3. The Morgan fingerprint density at radius 2 is 1.57 bits per heavy atom. The van der Waals surface area contributed by atoms with Crippen molar-refractivity contribution >= 4 is 23.4 Å². The molecule has 12 heteroatoms. The molecule has 1 aromatic carbocycles. The van der Waals surface area contributed by atoms with Gasteiger partial charge in [0.15, 0.2) is 0 Å². The Balaban J connectivity index is 1.38. The highest BCUT2D eigenvalue weighted by Gasteiger charge is 2.45. The van der Waals surface area contributed by atoms with Crippen LogP contribution in [0.1, 0.15) is 113 Å². The van der Waals surface area contributed by atoms with Gasteiger partial charge in [-0.25, -0.2) is 13.2 Å². The number of halogens is 3. The van der Waals surface area contributed by atoms with Gasteiger partial charge >= 0.3 is 0 Å². The van der Waals surface area contributed by atoms with Gasteiger partial charge in [0.1, 0.15) is 23.6 Å². The summed E-state index contributed by atoms with van der Waals surface area (Å²) >= 11 is 0. The Bertz CT molecular complexity index is 1380. The first-order valence-corrected chi connectivity index (χ1v) is 17.3. The van der Waals surface area contributed by atoms with E-state index in [1.807, 2.05) is 13.8 Å². The Kier molecular flexibility index (Phi) is 11.3. The highest BCUT2D eigenvalue weighted by atomic mass is 19.3. The molecular formula is C35H49F3N6O3. The number of anilines is 1. The third-order valence-corrected chi connectivity index (χ3v) is 10.4. The average molecular weight is 659 g/mol. The molecule has 2 aromatic rings. The Morgan fingerprint density at radius 1 is 0.936 bits per heavy atom. The summed E-state index contributed by atoms with van der Waals surface area (Å²) in [5, 5.41) is 15.1. The van der Waals surface area contributed by atoms with Gasteiger partial charge in [-0.15, -0.1) is 0 Å². The number of carbonyl (C=O) groups is 3. The maximum atomic E-state index is 15.6. The number of carbonyl (C=O) groups excluding carboxylic acids is 3. The Labute approximate surface area is 275 Å². The molecule has 0 spiro atoms. The number of rotatable bonds is 11. The fourth-order valence-corrected chi connectivity index (χ4v) is 7.80. The van der Waals surface area contributed by atoms with Gasteiger partial charge < -0.3 is 21.3 Å². The molecule has 1 saturated heterocycles. The number of alkyl halides is 2. The number of nitrogens with zero attached hydrogens (tertiary/aromatic N) is 2. The highest BCUT2D eigenvalue weighted by Crippen LogP contribution is 2.42. The molecule has 3 aliphatic rings. The average Bonchev–Trinajstić information content (AvgIpc) is 3.69. The lowest BCUT2D eigenvalue weighted by Gasteiger charge is -2.42. The number of hydrogen-bond donors (Lipinski definition) is 4. The molecule has 0 radical (unpaired) electrons. The van der Waals surface area contributed by atoms with E-state index in [1.54, 1.807) is 16.9 Å². The van der Waals surface area contributed by atoms with E-state index >= 15 is 4.39 Å². The lowest BCUT2D eigenvalue weighted by molar-refractivity contribution is -0.125. The zero-order chi connectivity index (χ0) is 33.7. The van der Waals surface area contributed by atoms with Crippen LogP contribution in [-0.4, -0.2) is 58.6 Å². The van der Waals surface area contributed by atoms with E-state index in [2.05, 4.69) is 26.4 Å². The van der Waals surface area contributed by atoms with Crippen molar-refractivity contribution in [3.05, 3.63) is 47.5 Å². The van der Waals surface area contributed by atoms with Crippen LogP contribution in [0.4, 0.5) is 18.9 Å². The monoisotopic (exact) mass is 658 g/mol. The fraction of sp³-hybridized carbons (Fsp3) is 0.657. The Hall–Kier alpha value is -3.41. The minimum Gasteiger partial charge on any atom is -0.345 e. The van der Waals surface area contributed by atoms with E-state index in [4.69, 9.17) is 0 Å². The molecule has 4 N–H and O–H groups in total. The van der Waals surface area contributed by atoms with Crippen molar-refractivity contribution in [1.82, 2.24) is 25.7 Å². The van der Waals surface area contributed by atoms with Crippen LogP contribution >= 0.6 is 0 Å². The van der Waals surface area contributed by atoms with Crippen molar-refractivity contribution in [2.45, 2.75) is 115 Å². The lowest BCUT2D eigenvalue weighted by atomic mass is 9.66. The minimum atomic E-state index is -3.07. The maximum absolute atomic E-state index is 15.6. The molecule has 3 atom stereocenters. The third-order valence-electron chi connectivity index (χ3n) is 10.4. The van der Waals surface area contributed by atoms with Crippen LogP contribution in [-0.2, 0) is 9.59 Å². The van der Waals surface area contributed by atoms with Crippen molar-refractivity contribution in [1.29, 1.82) is 0 Å². The molecule has 47 heavy (non-hydrogen) atoms.